The van der Waals surface area contributed by atoms with Gasteiger partial charge in [-0.1, -0.05) is 37.3 Å². The molecule has 2 N–H and O–H groups in total. The maximum absolute atomic E-state index is 11.8. The zero-order chi connectivity index (χ0) is 14.3. The van der Waals surface area contributed by atoms with Crippen LogP contribution in [0.3, 0.4) is 0 Å². The van der Waals surface area contributed by atoms with Gasteiger partial charge in [-0.3, -0.25) is 0 Å². The van der Waals surface area contributed by atoms with E-state index in [4.69, 9.17) is 5.11 Å². The first-order valence-corrected chi connectivity index (χ1v) is 6.33. The van der Waals surface area contributed by atoms with Crippen LogP contribution in [-0.2, 0) is 11.2 Å². The predicted octanol–water partition coefficient (Wildman–Crippen LogP) is 1.73. The van der Waals surface area contributed by atoms with Gasteiger partial charge in [0.2, 0.25) is 0 Å². The van der Waals surface area contributed by atoms with E-state index < -0.39 is 12.0 Å². The van der Waals surface area contributed by atoms with Crippen LogP contribution in [0.15, 0.2) is 30.3 Å². The molecule has 0 aliphatic rings. The average Bonchev–Trinajstić information content (AvgIpc) is 2.42. The highest BCUT2D eigenvalue weighted by atomic mass is 16.4. The number of nitrogens with one attached hydrogen (secondary N) is 1. The van der Waals surface area contributed by atoms with Crippen molar-refractivity contribution >= 4 is 12.0 Å². The SMILES string of the molecule is CC[C@@H](NC(=O)N(C)CCc1ccccc1)C(=O)O. The first kappa shape index (κ1) is 15.0. The number of carboxylic acids is 1. The van der Waals surface area contributed by atoms with E-state index in [2.05, 4.69) is 5.32 Å². The van der Waals surface area contributed by atoms with E-state index in [0.717, 1.165) is 12.0 Å². The molecule has 104 valence electrons. The highest BCUT2D eigenvalue weighted by molar-refractivity contribution is 5.82. The van der Waals surface area contributed by atoms with E-state index in [1.807, 2.05) is 30.3 Å². The van der Waals surface area contributed by atoms with E-state index in [1.54, 1.807) is 14.0 Å². The summed E-state index contributed by atoms with van der Waals surface area (Å²) in [7, 11) is 1.66. The van der Waals surface area contributed by atoms with E-state index in [9.17, 15) is 9.59 Å². The van der Waals surface area contributed by atoms with Crippen molar-refractivity contribution in [2.24, 2.45) is 0 Å². The van der Waals surface area contributed by atoms with Crippen molar-refractivity contribution in [2.45, 2.75) is 25.8 Å². The van der Waals surface area contributed by atoms with Gasteiger partial charge >= 0.3 is 12.0 Å². The van der Waals surface area contributed by atoms with Gasteiger partial charge in [-0.25, -0.2) is 9.59 Å². The Hall–Kier alpha value is -2.04. The Bertz CT molecular complexity index is 420. The summed E-state index contributed by atoms with van der Waals surface area (Å²) in [5.41, 5.74) is 1.15. The van der Waals surface area contributed by atoms with Gasteiger partial charge in [0.1, 0.15) is 6.04 Å². The topological polar surface area (TPSA) is 69.6 Å². The van der Waals surface area contributed by atoms with Crippen molar-refractivity contribution in [3.8, 4) is 0 Å². The molecule has 0 saturated carbocycles. The number of amides is 2. The zero-order valence-corrected chi connectivity index (χ0v) is 11.3. The molecule has 5 nitrogen and oxygen atoms in total. The number of hydrogen-bond acceptors (Lipinski definition) is 2. The number of carbonyl (C=O) groups excluding carboxylic acids is 1. The van der Waals surface area contributed by atoms with Gasteiger partial charge in [-0.2, -0.15) is 0 Å². The lowest BCUT2D eigenvalue weighted by Crippen LogP contribution is -2.46. The minimum absolute atomic E-state index is 0.356. The number of rotatable bonds is 6. The third kappa shape index (κ3) is 4.99. The standard InChI is InChI=1S/C14H20N2O3/c1-3-12(13(17)18)15-14(19)16(2)10-9-11-7-5-4-6-8-11/h4-8,12H,3,9-10H2,1-2H3,(H,15,19)(H,17,18)/t12-/m1/s1. The summed E-state index contributed by atoms with van der Waals surface area (Å²) in [6.45, 7) is 2.27. The summed E-state index contributed by atoms with van der Waals surface area (Å²) in [4.78, 5) is 24.1. The maximum atomic E-state index is 11.8. The highest BCUT2D eigenvalue weighted by Gasteiger charge is 2.19. The molecule has 0 heterocycles. The Morgan fingerprint density at radius 1 is 1.32 bits per heavy atom. The van der Waals surface area contributed by atoms with Crippen LogP contribution in [0, 0.1) is 0 Å². The molecular formula is C14H20N2O3. The molecule has 1 aromatic carbocycles. The highest BCUT2D eigenvalue weighted by Crippen LogP contribution is 2.01. The normalized spacial score (nSPS) is 11.7. The smallest absolute Gasteiger partial charge is 0.326 e. The molecule has 0 aliphatic heterocycles. The van der Waals surface area contributed by atoms with E-state index >= 15 is 0 Å². The largest absolute Gasteiger partial charge is 0.480 e. The quantitative estimate of drug-likeness (QED) is 0.822. The lowest BCUT2D eigenvalue weighted by molar-refractivity contribution is -0.139. The van der Waals surface area contributed by atoms with Crippen LogP contribution in [0.1, 0.15) is 18.9 Å². The average molecular weight is 264 g/mol. The van der Waals surface area contributed by atoms with Crippen molar-refractivity contribution in [2.75, 3.05) is 13.6 Å². The predicted molar refractivity (Wildman–Crippen MR) is 73.0 cm³/mol. The number of hydrogen-bond donors (Lipinski definition) is 2. The van der Waals surface area contributed by atoms with Gasteiger partial charge in [0, 0.05) is 13.6 Å². The van der Waals surface area contributed by atoms with Crippen LogP contribution in [0.5, 0.6) is 0 Å². The molecule has 0 radical (unpaired) electrons. The molecule has 1 rings (SSSR count). The molecule has 0 aromatic heterocycles. The molecular weight excluding hydrogens is 244 g/mol. The van der Waals surface area contributed by atoms with Crippen LogP contribution in [0.2, 0.25) is 0 Å². The van der Waals surface area contributed by atoms with E-state index in [1.165, 1.54) is 4.90 Å². The molecule has 0 bridgehead atoms. The van der Waals surface area contributed by atoms with Gasteiger partial charge in [-0.15, -0.1) is 0 Å². The molecule has 0 fully saturated rings. The van der Waals surface area contributed by atoms with Crippen molar-refractivity contribution in [3.05, 3.63) is 35.9 Å². The van der Waals surface area contributed by atoms with Crippen molar-refractivity contribution in [1.29, 1.82) is 0 Å². The zero-order valence-electron chi connectivity index (χ0n) is 11.3. The van der Waals surface area contributed by atoms with Gasteiger partial charge in [0.05, 0.1) is 0 Å². The van der Waals surface area contributed by atoms with Gasteiger partial charge < -0.3 is 15.3 Å². The lowest BCUT2D eigenvalue weighted by atomic mass is 10.1. The van der Waals surface area contributed by atoms with Crippen LogP contribution in [0.25, 0.3) is 0 Å². The maximum Gasteiger partial charge on any atom is 0.326 e. The fourth-order valence-electron chi connectivity index (χ4n) is 1.64. The third-order valence-electron chi connectivity index (χ3n) is 2.93. The summed E-state index contributed by atoms with van der Waals surface area (Å²) < 4.78 is 0. The molecule has 0 spiro atoms. The number of carboxylic acid groups (broad SMARTS) is 1. The molecule has 5 heteroatoms. The molecule has 0 aliphatic carbocycles. The number of nitrogens with zero attached hydrogens (tertiary/aromatic N) is 1. The third-order valence-corrected chi connectivity index (χ3v) is 2.93. The minimum atomic E-state index is -1.01. The van der Waals surface area contributed by atoms with Crippen LogP contribution in [0.4, 0.5) is 4.79 Å². The molecule has 0 unspecified atom stereocenters. The monoisotopic (exact) mass is 264 g/mol. The molecule has 1 atom stereocenters. The summed E-state index contributed by atoms with van der Waals surface area (Å²) in [6, 6.07) is 8.66. The molecule has 1 aromatic rings. The first-order chi connectivity index (χ1) is 9.04. The van der Waals surface area contributed by atoms with Crippen LogP contribution >= 0.6 is 0 Å². The number of benzene rings is 1. The minimum Gasteiger partial charge on any atom is -0.480 e. The molecule has 2 amide bonds. The fraction of sp³-hybridized carbons (Fsp3) is 0.429. The van der Waals surface area contributed by atoms with Crippen molar-refractivity contribution in [3.63, 3.8) is 0 Å². The summed E-state index contributed by atoms with van der Waals surface area (Å²) in [6.07, 6.45) is 1.11. The first-order valence-electron chi connectivity index (χ1n) is 6.33. The Balaban J connectivity index is 2.42. The van der Waals surface area contributed by atoms with Gasteiger partial charge in [-0.05, 0) is 18.4 Å². The number of aliphatic carboxylic acids is 1. The van der Waals surface area contributed by atoms with Crippen molar-refractivity contribution < 1.29 is 14.7 Å². The summed E-state index contributed by atoms with van der Waals surface area (Å²) in [5.74, 6) is -1.01. The second kappa shape index (κ2) is 7.41. The van der Waals surface area contributed by atoms with Gasteiger partial charge in [0.25, 0.3) is 0 Å². The Morgan fingerprint density at radius 2 is 1.95 bits per heavy atom. The second-order valence-electron chi connectivity index (χ2n) is 4.41. The van der Waals surface area contributed by atoms with Crippen LogP contribution < -0.4 is 5.32 Å². The summed E-state index contributed by atoms with van der Waals surface area (Å²) >= 11 is 0. The summed E-state index contributed by atoms with van der Waals surface area (Å²) in [5, 5.41) is 11.4. The van der Waals surface area contributed by atoms with E-state index in [-0.39, 0.29) is 6.03 Å². The van der Waals surface area contributed by atoms with Gasteiger partial charge in [0.15, 0.2) is 0 Å². The number of carbonyl (C=O) groups is 2. The molecule has 19 heavy (non-hydrogen) atoms. The fourth-order valence-corrected chi connectivity index (χ4v) is 1.64. The Labute approximate surface area is 113 Å². The van der Waals surface area contributed by atoms with E-state index in [0.29, 0.717) is 13.0 Å². The second-order valence-corrected chi connectivity index (χ2v) is 4.41. The Kier molecular flexibility index (Phi) is 5.85. The molecule has 0 saturated heterocycles. The number of urea groups is 1. The van der Waals surface area contributed by atoms with Crippen molar-refractivity contribution in [1.82, 2.24) is 10.2 Å². The Morgan fingerprint density at radius 3 is 2.47 bits per heavy atom. The lowest BCUT2D eigenvalue weighted by Gasteiger charge is -2.20. The van der Waals surface area contributed by atoms with Crippen LogP contribution in [-0.4, -0.2) is 41.6 Å². The number of likely N-dealkylation sites (N-methyl/N-ethyl adjacent to an activating group) is 1.